The molecule has 0 unspecified atom stereocenters. The molecule has 5 heteroatoms. The summed E-state index contributed by atoms with van der Waals surface area (Å²) in [6, 6.07) is 8.68. The quantitative estimate of drug-likeness (QED) is 0.218. The van der Waals surface area contributed by atoms with Gasteiger partial charge >= 0.3 is 5.97 Å². The van der Waals surface area contributed by atoms with E-state index in [1.807, 2.05) is 30.3 Å². The first-order chi connectivity index (χ1) is 15.2. The van der Waals surface area contributed by atoms with E-state index < -0.39 is 12.0 Å². The zero-order chi connectivity index (χ0) is 22.6. The summed E-state index contributed by atoms with van der Waals surface area (Å²) in [6.07, 6.45) is 17.0. The molecule has 0 saturated heterocycles. The highest BCUT2D eigenvalue weighted by molar-refractivity contribution is 5.84. The van der Waals surface area contributed by atoms with Crippen LogP contribution in [0.5, 0.6) is 0 Å². The van der Waals surface area contributed by atoms with Crippen LogP contribution in [0.4, 0.5) is 0 Å². The standard InChI is InChI=1S/C26H44N2O3/c1-2-3-4-5-6-7-8-9-10-11-12-13-17-20-25(29)28-24(21-27)26(30)31-22-23-18-15-14-16-19-23/h14-16,18-19,24H,2-13,17,20-22,27H2,1H3,(H,28,29)/t24-/m1/s1. The third kappa shape index (κ3) is 14.7. The topological polar surface area (TPSA) is 81.4 Å². The minimum atomic E-state index is -0.779. The summed E-state index contributed by atoms with van der Waals surface area (Å²) in [4.78, 5) is 24.3. The van der Waals surface area contributed by atoms with Crippen LogP contribution < -0.4 is 11.1 Å². The third-order valence-corrected chi connectivity index (χ3v) is 5.59. The van der Waals surface area contributed by atoms with E-state index in [-0.39, 0.29) is 19.1 Å². The van der Waals surface area contributed by atoms with Gasteiger partial charge in [0.15, 0.2) is 0 Å². The smallest absolute Gasteiger partial charge is 0.330 e. The highest BCUT2D eigenvalue weighted by Crippen LogP contribution is 2.13. The SMILES string of the molecule is CCCCCCCCCCCCCCCC(=O)N[C@H](CN)C(=O)OCc1ccccc1. The van der Waals surface area contributed by atoms with Crippen LogP contribution in [0.15, 0.2) is 30.3 Å². The van der Waals surface area contributed by atoms with Gasteiger partial charge < -0.3 is 15.8 Å². The predicted octanol–water partition coefficient (Wildman–Crippen LogP) is 5.65. The van der Waals surface area contributed by atoms with Crippen molar-refractivity contribution in [2.24, 2.45) is 5.73 Å². The summed E-state index contributed by atoms with van der Waals surface area (Å²) >= 11 is 0. The maximum atomic E-state index is 12.2. The van der Waals surface area contributed by atoms with Crippen molar-refractivity contribution in [3.8, 4) is 0 Å². The monoisotopic (exact) mass is 432 g/mol. The molecule has 1 amide bonds. The van der Waals surface area contributed by atoms with Crippen molar-refractivity contribution in [1.29, 1.82) is 0 Å². The lowest BCUT2D eigenvalue weighted by atomic mass is 10.0. The van der Waals surface area contributed by atoms with Gasteiger partial charge in [-0.1, -0.05) is 114 Å². The van der Waals surface area contributed by atoms with Crippen LogP contribution in [0.2, 0.25) is 0 Å². The van der Waals surface area contributed by atoms with Gasteiger partial charge in [0.2, 0.25) is 5.91 Å². The van der Waals surface area contributed by atoms with E-state index >= 15 is 0 Å². The predicted molar refractivity (Wildman–Crippen MR) is 128 cm³/mol. The van der Waals surface area contributed by atoms with Gasteiger partial charge in [0.25, 0.3) is 0 Å². The Hall–Kier alpha value is -1.88. The van der Waals surface area contributed by atoms with Crippen LogP contribution in [0.1, 0.15) is 102 Å². The lowest BCUT2D eigenvalue weighted by Gasteiger charge is -2.16. The van der Waals surface area contributed by atoms with Crippen LogP contribution in [0.3, 0.4) is 0 Å². The molecule has 176 valence electrons. The molecule has 0 aromatic heterocycles. The number of carbonyl (C=O) groups is 2. The minimum Gasteiger partial charge on any atom is -0.459 e. The van der Waals surface area contributed by atoms with Crippen molar-refractivity contribution >= 4 is 11.9 Å². The Morgan fingerprint density at radius 3 is 1.87 bits per heavy atom. The summed E-state index contributed by atoms with van der Waals surface area (Å²) in [7, 11) is 0. The molecule has 1 rings (SSSR count). The van der Waals surface area contributed by atoms with Gasteiger partial charge in [-0.25, -0.2) is 4.79 Å². The van der Waals surface area contributed by atoms with Crippen molar-refractivity contribution in [2.75, 3.05) is 6.54 Å². The van der Waals surface area contributed by atoms with Gasteiger partial charge in [0, 0.05) is 13.0 Å². The normalized spacial score (nSPS) is 11.8. The maximum Gasteiger partial charge on any atom is 0.330 e. The van der Waals surface area contributed by atoms with Crippen LogP contribution in [-0.4, -0.2) is 24.5 Å². The zero-order valence-corrected chi connectivity index (χ0v) is 19.6. The molecule has 0 bridgehead atoms. The number of hydrogen-bond donors (Lipinski definition) is 2. The van der Waals surface area contributed by atoms with Gasteiger partial charge in [0.05, 0.1) is 0 Å². The summed E-state index contributed by atoms with van der Waals surface area (Å²) in [5.74, 6) is -0.611. The van der Waals surface area contributed by atoms with Crippen LogP contribution in [0, 0.1) is 0 Å². The zero-order valence-electron chi connectivity index (χ0n) is 19.6. The molecular formula is C26H44N2O3. The summed E-state index contributed by atoms with van der Waals surface area (Å²) in [5, 5.41) is 2.71. The van der Waals surface area contributed by atoms with Gasteiger partial charge in [0.1, 0.15) is 12.6 Å². The molecule has 0 radical (unpaired) electrons. The summed E-state index contributed by atoms with van der Waals surface area (Å²) in [5.41, 5.74) is 6.56. The van der Waals surface area contributed by atoms with Crippen molar-refractivity contribution < 1.29 is 14.3 Å². The van der Waals surface area contributed by atoms with E-state index in [0.29, 0.717) is 6.42 Å². The second-order valence-corrected chi connectivity index (χ2v) is 8.44. The highest BCUT2D eigenvalue weighted by atomic mass is 16.5. The average molecular weight is 433 g/mol. The fraction of sp³-hybridized carbons (Fsp3) is 0.692. The molecule has 31 heavy (non-hydrogen) atoms. The molecular weight excluding hydrogens is 388 g/mol. The Kier molecular flexibility index (Phi) is 16.5. The van der Waals surface area contributed by atoms with E-state index in [0.717, 1.165) is 18.4 Å². The lowest BCUT2D eigenvalue weighted by molar-refractivity contribution is -0.148. The number of nitrogens with one attached hydrogen (secondary N) is 1. The Morgan fingerprint density at radius 1 is 0.839 bits per heavy atom. The van der Waals surface area contributed by atoms with E-state index in [9.17, 15) is 9.59 Å². The highest BCUT2D eigenvalue weighted by Gasteiger charge is 2.20. The number of unbranched alkanes of at least 4 members (excludes halogenated alkanes) is 12. The number of amides is 1. The third-order valence-electron chi connectivity index (χ3n) is 5.59. The molecule has 0 saturated carbocycles. The fourth-order valence-corrected chi connectivity index (χ4v) is 3.61. The number of benzene rings is 1. The Bertz CT molecular complexity index is 577. The van der Waals surface area contributed by atoms with Crippen molar-refractivity contribution in [2.45, 2.75) is 109 Å². The van der Waals surface area contributed by atoms with Crippen LogP contribution in [0.25, 0.3) is 0 Å². The molecule has 3 N–H and O–H groups in total. The van der Waals surface area contributed by atoms with Crippen molar-refractivity contribution in [3.63, 3.8) is 0 Å². The van der Waals surface area contributed by atoms with Crippen molar-refractivity contribution in [3.05, 3.63) is 35.9 Å². The van der Waals surface area contributed by atoms with Gasteiger partial charge in [-0.2, -0.15) is 0 Å². The lowest BCUT2D eigenvalue weighted by Crippen LogP contribution is -2.46. The molecule has 0 heterocycles. The number of nitrogens with two attached hydrogens (primary N) is 1. The molecule has 5 nitrogen and oxygen atoms in total. The molecule has 1 atom stereocenters. The molecule has 0 spiro atoms. The van der Waals surface area contributed by atoms with Crippen molar-refractivity contribution in [1.82, 2.24) is 5.32 Å². The fourth-order valence-electron chi connectivity index (χ4n) is 3.61. The Balaban J connectivity index is 2.00. The number of esters is 1. The second kappa shape index (κ2) is 18.9. The molecule has 0 aliphatic heterocycles. The Labute approximate surface area is 189 Å². The number of carbonyl (C=O) groups excluding carboxylic acids is 2. The van der Waals surface area contributed by atoms with Gasteiger partial charge in [-0.3, -0.25) is 4.79 Å². The van der Waals surface area contributed by atoms with Gasteiger partial charge in [-0.05, 0) is 12.0 Å². The Morgan fingerprint density at radius 2 is 1.35 bits per heavy atom. The minimum absolute atomic E-state index is 0.0396. The van der Waals surface area contributed by atoms with Gasteiger partial charge in [-0.15, -0.1) is 0 Å². The largest absolute Gasteiger partial charge is 0.459 e. The van der Waals surface area contributed by atoms with Crippen LogP contribution >= 0.6 is 0 Å². The maximum absolute atomic E-state index is 12.2. The number of hydrogen-bond acceptors (Lipinski definition) is 4. The van der Waals surface area contributed by atoms with Crippen LogP contribution in [-0.2, 0) is 20.9 Å². The molecule has 0 aliphatic carbocycles. The first-order valence-corrected chi connectivity index (χ1v) is 12.4. The van der Waals surface area contributed by atoms with E-state index in [1.165, 1.54) is 70.6 Å². The molecule has 1 aromatic rings. The number of rotatable bonds is 19. The van der Waals surface area contributed by atoms with E-state index in [2.05, 4.69) is 12.2 Å². The van der Waals surface area contributed by atoms with E-state index in [1.54, 1.807) is 0 Å². The molecule has 1 aromatic carbocycles. The summed E-state index contributed by atoms with van der Waals surface area (Å²) < 4.78 is 5.27. The first kappa shape index (κ1) is 27.2. The average Bonchev–Trinajstić information content (AvgIpc) is 2.79. The first-order valence-electron chi connectivity index (χ1n) is 12.4. The molecule has 0 fully saturated rings. The second-order valence-electron chi connectivity index (χ2n) is 8.44. The number of ether oxygens (including phenoxy) is 1. The molecule has 0 aliphatic rings. The summed E-state index contributed by atoms with van der Waals surface area (Å²) in [6.45, 7) is 2.48. The van der Waals surface area contributed by atoms with E-state index in [4.69, 9.17) is 10.5 Å².